The molecule has 6 heteroatoms. The standard InChI is InChI=1S/C20H22FNO4/c1-12(2)15-7-5-6-13(3)19(15)22-18(23)11-26-20(24)16-9-8-14(25-4)10-17(16)21/h5-10,12H,11H2,1-4H3,(H,22,23). The summed E-state index contributed by atoms with van der Waals surface area (Å²) in [5, 5.41) is 2.77. The van der Waals surface area contributed by atoms with E-state index in [2.05, 4.69) is 5.32 Å². The highest BCUT2D eigenvalue weighted by Gasteiger charge is 2.17. The molecule has 2 aromatic rings. The predicted octanol–water partition coefficient (Wildman–Crippen LogP) is 4.06. The summed E-state index contributed by atoms with van der Waals surface area (Å²) in [7, 11) is 1.40. The SMILES string of the molecule is COc1ccc(C(=O)OCC(=O)Nc2c(C)cccc2C(C)C)c(F)c1. The Morgan fingerprint density at radius 3 is 2.54 bits per heavy atom. The molecule has 0 saturated carbocycles. The Morgan fingerprint density at radius 2 is 1.92 bits per heavy atom. The van der Waals surface area contributed by atoms with E-state index in [9.17, 15) is 14.0 Å². The highest BCUT2D eigenvalue weighted by Crippen LogP contribution is 2.27. The molecular formula is C20H22FNO4. The van der Waals surface area contributed by atoms with Gasteiger partial charge in [0.2, 0.25) is 0 Å². The van der Waals surface area contributed by atoms with Gasteiger partial charge in [0.15, 0.2) is 6.61 Å². The van der Waals surface area contributed by atoms with Crippen molar-refractivity contribution in [2.24, 2.45) is 0 Å². The molecule has 0 bridgehead atoms. The van der Waals surface area contributed by atoms with Crippen molar-refractivity contribution in [3.8, 4) is 5.75 Å². The van der Waals surface area contributed by atoms with Gasteiger partial charge in [-0.15, -0.1) is 0 Å². The number of benzene rings is 2. The van der Waals surface area contributed by atoms with Crippen molar-refractivity contribution in [1.29, 1.82) is 0 Å². The number of amides is 1. The van der Waals surface area contributed by atoms with Gasteiger partial charge in [0, 0.05) is 11.8 Å². The summed E-state index contributed by atoms with van der Waals surface area (Å²) in [4.78, 5) is 24.1. The molecule has 2 rings (SSSR count). The third-order valence-corrected chi connectivity index (χ3v) is 3.92. The van der Waals surface area contributed by atoms with Crippen molar-refractivity contribution in [2.45, 2.75) is 26.7 Å². The molecule has 0 saturated heterocycles. The predicted molar refractivity (Wildman–Crippen MR) is 97.1 cm³/mol. The average Bonchev–Trinajstić information content (AvgIpc) is 2.61. The molecule has 0 unspecified atom stereocenters. The molecule has 5 nitrogen and oxygen atoms in total. The maximum atomic E-state index is 13.9. The molecule has 0 heterocycles. The smallest absolute Gasteiger partial charge is 0.341 e. The van der Waals surface area contributed by atoms with Gasteiger partial charge in [-0.05, 0) is 36.1 Å². The minimum atomic E-state index is -0.908. The number of carbonyl (C=O) groups is 2. The minimum absolute atomic E-state index is 0.223. The molecule has 2 aromatic carbocycles. The van der Waals surface area contributed by atoms with E-state index in [0.717, 1.165) is 17.2 Å². The largest absolute Gasteiger partial charge is 0.497 e. The fourth-order valence-electron chi connectivity index (χ4n) is 2.52. The van der Waals surface area contributed by atoms with Crippen LogP contribution < -0.4 is 10.1 Å². The van der Waals surface area contributed by atoms with Gasteiger partial charge in [-0.3, -0.25) is 4.79 Å². The molecule has 0 aliphatic carbocycles. The molecular weight excluding hydrogens is 337 g/mol. The number of aryl methyl sites for hydroxylation is 1. The lowest BCUT2D eigenvalue weighted by Gasteiger charge is -2.16. The second kappa shape index (κ2) is 8.47. The monoisotopic (exact) mass is 359 g/mol. The molecule has 0 atom stereocenters. The second-order valence-electron chi connectivity index (χ2n) is 6.16. The Balaban J connectivity index is 2.03. The van der Waals surface area contributed by atoms with Gasteiger partial charge in [-0.1, -0.05) is 32.0 Å². The number of nitrogens with one attached hydrogen (secondary N) is 1. The first-order valence-corrected chi connectivity index (χ1v) is 8.23. The average molecular weight is 359 g/mol. The topological polar surface area (TPSA) is 64.6 Å². The molecule has 26 heavy (non-hydrogen) atoms. The van der Waals surface area contributed by atoms with Gasteiger partial charge in [0.25, 0.3) is 5.91 Å². The van der Waals surface area contributed by atoms with Crippen LogP contribution in [0.5, 0.6) is 5.75 Å². The van der Waals surface area contributed by atoms with Crippen LogP contribution in [-0.4, -0.2) is 25.6 Å². The van der Waals surface area contributed by atoms with Crippen LogP contribution in [0.2, 0.25) is 0 Å². The van der Waals surface area contributed by atoms with Gasteiger partial charge in [0.1, 0.15) is 11.6 Å². The maximum Gasteiger partial charge on any atom is 0.341 e. The van der Waals surface area contributed by atoms with E-state index in [1.165, 1.54) is 19.2 Å². The molecule has 0 fully saturated rings. The number of rotatable bonds is 6. The molecule has 0 aliphatic rings. The highest BCUT2D eigenvalue weighted by molar-refractivity contribution is 5.96. The first-order valence-electron chi connectivity index (χ1n) is 8.23. The maximum absolute atomic E-state index is 13.9. The molecule has 1 amide bonds. The van der Waals surface area contributed by atoms with E-state index in [-0.39, 0.29) is 17.2 Å². The third kappa shape index (κ3) is 4.59. The first kappa shape index (κ1) is 19.4. The lowest BCUT2D eigenvalue weighted by molar-refractivity contribution is -0.119. The number of halogens is 1. The summed E-state index contributed by atoms with van der Waals surface area (Å²) in [6.07, 6.45) is 0. The Bertz CT molecular complexity index is 817. The lowest BCUT2D eigenvalue weighted by atomic mass is 9.98. The number of para-hydroxylation sites is 1. The van der Waals surface area contributed by atoms with Gasteiger partial charge >= 0.3 is 5.97 Å². The van der Waals surface area contributed by atoms with Crippen LogP contribution >= 0.6 is 0 Å². The minimum Gasteiger partial charge on any atom is -0.497 e. The fraction of sp³-hybridized carbons (Fsp3) is 0.300. The van der Waals surface area contributed by atoms with Crippen molar-refractivity contribution in [3.05, 3.63) is 58.9 Å². The summed E-state index contributed by atoms with van der Waals surface area (Å²) < 4.78 is 23.7. The number of hydrogen-bond donors (Lipinski definition) is 1. The van der Waals surface area contributed by atoms with E-state index in [1.807, 2.05) is 39.0 Å². The normalized spacial score (nSPS) is 10.5. The Labute approximate surface area is 152 Å². The summed E-state index contributed by atoms with van der Waals surface area (Å²) >= 11 is 0. The number of esters is 1. The quantitative estimate of drug-likeness (QED) is 0.790. The van der Waals surface area contributed by atoms with Crippen molar-refractivity contribution < 1.29 is 23.5 Å². The summed E-state index contributed by atoms with van der Waals surface area (Å²) in [5.74, 6) is -1.65. The fourth-order valence-corrected chi connectivity index (χ4v) is 2.52. The Morgan fingerprint density at radius 1 is 1.19 bits per heavy atom. The van der Waals surface area contributed by atoms with Gasteiger partial charge in [-0.2, -0.15) is 0 Å². The Kier molecular flexibility index (Phi) is 6.33. The van der Waals surface area contributed by atoms with E-state index < -0.39 is 24.3 Å². The molecule has 0 radical (unpaired) electrons. The van der Waals surface area contributed by atoms with Crippen molar-refractivity contribution in [1.82, 2.24) is 0 Å². The zero-order chi connectivity index (χ0) is 19.3. The first-order chi connectivity index (χ1) is 12.3. The van der Waals surface area contributed by atoms with Gasteiger partial charge in [0.05, 0.1) is 12.7 Å². The summed E-state index contributed by atoms with van der Waals surface area (Å²) in [5.41, 5.74) is 2.36. The van der Waals surface area contributed by atoms with Crippen LogP contribution in [0.4, 0.5) is 10.1 Å². The van der Waals surface area contributed by atoms with Crippen LogP contribution in [0, 0.1) is 12.7 Å². The summed E-state index contributed by atoms with van der Waals surface area (Å²) in [6, 6.07) is 9.53. The van der Waals surface area contributed by atoms with E-state index in [0.29, 0.717) is 5.69 Å². The number of carbonyl (C=O) groups excluding carboxylic acids is 2. The number of ether oxygens (including phenoxy) is 2. The van der Waals surface area contributed by atoms with Crippen LogP contribution in [0.1, 0.15) is 41.3 Å². The molecule has 138 valence electrons. The molecule has 0 aliphatic heterocycles. The number of methoxy groups -OCH3 is 1. The van der Waals surface area contributed by atoms with E-state index in [4.69, 9.17) is 9.47 Å². The Hall–Kier alpha value is -2.89. The number of hydrogen-bond acceptors (Lipinski definition) is 4. The van der Waals surface area contributed by atoms with E-state index in [1.54, 1.807) is 0 Å². The van der Waals surface area contributed by atoms with Crippen molar-refractivity contribution in [2.75, 3.05) is 19.0 Å². The van der Waals surface area contributed by atoms with Gasteiger partial charge in [-0.25, -0.2) is 9.18 Å². The molecule has 0 spiro atoms. The van der Waals surface area contributed by atoms with Crippen molar-refractivity contribution >= 4 is 17.6 Å². The highest BCUT2D eigenvalue weighted by atomic mass is 19.1. The van der Waals surface area contributed by atoms with Crippen molar-refractivity contribution in [3.63, 3.8) is 0 Å². The molecule has 0 aromatic heterocycles. The third-order valence-electron chi connectivity index (χ3n) is 3.92. The van der Waals surface area contributed by atoms with Crippen LogP contribution in [0.15, 0.2) is 36.4 Å². The second-order valence-corrected chi connectivity index (χ2v) is 6.16. The number of anilines is 1. The van der Waals surface area contributed by atoms with Crippen LogP contribution in [0.3, 0.4) is 0 Å². The lowest BCUT2D eigenvalue weighted by Crippen LogP contribution is -2.22. The van der Waals surface area contributed by atoms with Crippen LogP contribution in [-0.2, 0) is 9.53 Å². The zero-order valence-corrected chi connectivity index (χ0v) is 15.3. The molecule has 1 N–H and O–H groups in total. The summed E-state index contributed by atoms with van der Waals surface area (Å²) in [6.45, 7) is 5.43. The van der Waals surface area contributed by atoms with Crippen LogP contribution in [0.25, 0.3) is 0 Å². The van der Waals surface area contributed by atoms with Gasteiger partial charge < -0.3 is 14.8 Å². The zero-order valence-electron chi connectivity index (χ0n) is 15.3. The van der Waals surface area contributed by atoms with E-state index >= 15 is 0 Å².